The second kappa shape index (κ2) is 5.91. The summed E-state index contributed by atoms with van der Waals surface area (Å²) in [4.78, 5) is 0. The summed E-state index contributed by atoms with van der Waals surface area (Å²) in [5.74, 6) is -2.72. The third-order valence-electron chi connectivity index (χ3n) is 3.51. The summed E-state index contributed by atoms with van der Waals surface area (Å²) in [6.07, 6.45) is -0.410. The Balaban J connectivity index is 2.10. The second-order valence-corrected chi connectivity index (χ2v) is 4.97. The van der Waals surface area contributed by atoms with Crippen molar-refractivity contribution >= 4 is 0 Å². The zero-order chi connectivity index (χ0) is 14.8. The van der Waals surface area contributed by atoms with Crippen molar-refractivity contribution in [2.24, 2.45) is 5.73 Å². The summed E-state index contributed by atoms with van der Waals surface area (Å²) in [5.41, 5.74) is 6.02. The number of hydrogen-bond donors (Lipinski definition) is 1. The average molecular weight is 289 g/mol. The Hall–Kier alpha value is -1.43. The number of rotatable bonds is 4. The van der Waals surface area contributed by atoms with Gasteiger partial charge in [0.15, 0.2) is 11.6 Å². The Morgan fingerprint density at radius 2 is 1.90 bits per heavy atom. The smallest absolute Gasteiger partial charge is 0.248 e. The van der Waals surface area contributed by atoms with Crippen LogP contribution in [0.4, 0.5) is 13.2 Å². The van der Waals surface area contributed by atoms with Crippen molar-refractivity contribution < 1.29 is 22.6 Å². The van der Waals surface area contributed by atoms with Crippen molar-refractivity contribution in [3.63, 3.8) is 0 Å². The molecule has 3 nitrogen and oxygen atoms in total. The van der Waals surface area contributed by atoms with Crippen molar-refractivity contribution in [2.45, 2.75) is 44.3 Å². The molecule has 0 heterocycles. The van der Waals surface area contributed by atoms with Gasteiger partial charge in [-0.1, -0.05) is 0 Å². The summed E-state index contributed by atoms with van der Waals surface area (Å²) in [6, 6.07) is 2.68. The van der Waals surface area contributed by atoms with Crippen molar-refractivity contribution in [2.75, 3.05) is 7.11 Å². The Labute approximate surface area is 115 Å². The first-order valence-corrected chi connectivity index (χ1v) is 6.56. The number of halogens is 3. The monoisotopic (exact) mass is 289 g/mol. The predicted molar refractivity (Wildman–Crippen MR) is 68.7 cm³/mol. The van der Waals surface area contributed by atoms with Gasteiger partial charge in [0.2, 0.25) is 5.92 Å². The quantitative estimate of drug-likeness (QED) is 0.925. The molecule has 112 valence electrons. The van der Waals surface area contributed by atoms with Crippen LogP contribution in [0, 0.1) is 5.82 Å². The highest BCUT2D eigenvalue weighted by atomic mass is 19.3. The van der Waals surface area contributed by atoms with E-state index in [1.807, 2.05) is 0 Å². The summed E-state index contributed by atoms with van der Waals surface area (Å²) in [7, 11) is 1.46. The Kier molecular flexibility index (Phi) is 4.42. The molecule has 0 unspecified atom stereocenters. The molecular weight excluding hydrogens is 271 g/mol. The first kappa shape index (κ1) is 15.0. The normalized spacial score (nSPS) is 18.9. The van der Waals surface area contributed by atoms with Crippen LogP contribution in [0.1, 0.15) is 31.2 Å². The lowest BCUT2D eigenvalue weighted by molar-refractivity contribution is -0.0586. The molecule has 0 aromatic heterocycles. The van der Waals surface area contributed by atoms with E-state index in [1.165, 1.54) is 19.2 Å². The highest BCUT2D eigenvalue weighted by molar-refractivity contribution is 5.41. The lowest BCUT2D eigenvalue weighted by Crippen LogP contribution is -2.31. The largest absolute Gasteiger partial charge is 0.496 e. The van der Waals surface area contributed by atoms with Crippen LogP contribution >= 0.6 is 0 Å². The highest BCUT2D eigenvalue weighted by Gasteiger charge is 2.36. The van der Waals surface area contributed by atoms with Crippen LogP contribution in [0.25, 0.3) is 0 Å². The first-order chi connectivity index (χ1) is 9.45. The Morgan fingerprint density at radius 1 is 1.25 bits per heavy atom. The van der Waals surface area contributed by atoms with Crippen molar-refractivity contribution in [1.82, 2.24) is 0 Å². The van der Waals surface area contributed by atoms with Gasteiger partial charge in [-0.15, -0.1) is 0 Å². The van der Waals surface area contributed by atoms with E-state index in [-0.39, 0.29) is 38.0 Å². The van der Waals surface area contributed by atoms with Crippen molar-refractivity contribution in [3.8, 4) is 11.5 Å². The molecule has 1 aliphatic rings. The molecule has 2 rings (SSSR count). The number of alkyl halides is 2. The maximum atomic E-state index is 13.9. The molecule has 6 heteroatoms. The standard InChI is InChI=1S/C14H18F3NO2/c1-19-12-7-13(11(15)6-9(12)8-18)20-10-2-4-14(16,17)5-3-10/h6-7,10H,2-5,8,18H2,1H3. The molecule has 0 bridgehead atoms. The number of benzene rings is 1. The molecule has 0 radical (unpaired) electrons. The zero-order valence-electron chi connectivity index (χ0n) is 11.3. The van der Waals surface area contributed by atoms with E-state index < -0.39 is 17.8 Å². The summed E-state index contributed by atoms with van der Waals surface area (Å²) in [5, 5.41) is 0. The van der Waals surface area contributed by atoms with E-state index in [2.05, 4.69) is 0 Å². The van der Waals surface area contributed by atoms with E-state index in [0.29, 0.717) is 11.3 Å². The fourth-order valence-electron chi connectivity index (χ4n) is 2.33. The lowest BCUT2D eigenvalue weighted by atomic mass is 9.94. The topological polar surface area (TPSA) is 44.5 Å². The van der Waals surface area contributed by atoms with Gasteiger partial charge in [0.25, 0.3) is 0 Å². The van der Waals surface area contributed by atoms with Gasteiger partial charge in [-0.05, 0) is 18.9 Å². The third kappa shape index (κ3) is 3.36. The van der Waals surface area contributed by atoms with Gasteiger partial charge in [0.05, 0.1) is 13.2 Å². The molecule has 1 aromatic rings. The van der Waals surface area contributed by atoms with Gasteiger partial charge in [-0.3, -0.25) is 0 Å². The highest BCUT2D eigenvalue weighted by Crippen LogP contribution is 2.36. The molecule has 1 saturated carbocycles. The summed E-state index contributed by atoms with van der Waals surface area (Å²) in [6.45, 7) is 0.149. The third-order valence-corrected chi connectivity index (χ3v) is 3.51. The zero-order valence-corrected chi connectivity index (χ0v) is 11.3. The molecule has 2 N–H and O–H groups in total. The molecule has 1 aliphatic carbocycles. The Morgan fingerprint density at radius 3 is 2.45 bits per heavy atom. The van der Waals surface area contributed by atoms with Crippen LogP contribution in [0.15, 0.2) is 12.1 Å². The van der Waals surface area contributed by atoms with Crippen LogP contribution < -0.4 is 15.2 Å². The van der Waals surface area contributed by atoms with Gasteiger partial charge in [0, 0.05) is 31.0 Å². The van der Waals surface area contributed by atoms with Crippen LogP contribution in [-0.2, 0) is 6.54 Å². The fraction of sp³-hybridized carbons (Fsp3) is 0.571. The Bertz CT molecular complexity index is 470. The van der Waals surface area contributed by atoms with E-state index in [9.17, 15) is 13.2 Å². The van der Waals surface area contributed by atoms with Gasteiger partial charge < -0.3 is 15.2 Å². The molecule has 1 fully saturated rings. The van der Waals surface area contributed by atoms with Crippen LogP contribution in [0.5, 0.6) is 11.5 Å². The fourth-order valence-corrected chi connectivity index (χ4v) is 2.33. The molecule has 0 saturated heterocycles. The maximum absolute atomic E-state index is 13.9. The first-order valence-electron chi connectivity index (χ1n) is 6.56. The van der Waals surface area contributed by atoms with E-state index >= 15 is 0 Å². The second-order valence-electron chi connectivity index (χ2n) is 4.97. The van der Waals surface area contributed by atoms with Crippen LogP contribution in [0.3, 0.4) is 0 Å². The van der Waals surface area contributed by atoms with E-state index in [4.69, 9.17) is 15.2 Å². The minimum Gasteiger partial charge on any atom is -0.496 e. The van der Waals surface area contributed by atoms with E-state index in [1.54, 1.807) is 0 Å². The van der Waals surface area contributed by atoms with Crippen LogP contribution in [0.2, 0.25) is 0 Å². The molecule has 0 aliphatic heterocycles. The summed E-state index contributed by atoms with van der Waals surface area (Å²) < 4.78 is 50.6. The molecule has 0 atom stereocenters. The molecule has 0 amide bonds. The predicted octanol–water partition coefficient (Wildman–Crippen LogP) is 3.25. The minimum atomic E-state index is -2.63. The van der Waals surface area contributed by atoms with Gasteiger partial charge >= 0.3 is 0 Å². The van der Waals surface area contributed by atoms with Gasteiger partial charge in [-0.2, -0.15) is 0 Å². The SMILES string of the molecule is COc1cc(OC2CCC(F)(F)CC2)c(F)cc1CN. The maximum Gasteiger partial charge on any atom is 0.248 e. The minimum absolute atomic E-state index is 0.0225. The van der Waals surface area contributed by atoms with Gasteiger partial charge in [-0.25, -0.2) is 13.2 Å². The molecule has 20 heavy (non-hydrogen) atoms. The van der Waals surface area contributed by atoms with Gasteiger partial charge in [0.1, 0.15) is 5.75 Å². The van der Waals surface area contributed by atoms with Crippen LogP contribution in [-0.4, -0.2) is 19.1 Å². The average Bonchev–Trinajstić information content (AvgIpc) is 2.42. The number of hydrogen-bond acceptors (Lipinski definition) is 3. The van der Waals surface area contributed by atoms with Crippen molar-refractivity contribution in [1.29, 1.82) is 0 Å². The lowest BCUT2D eigenvalue weighted by Gasteiger charge is -2.29. The summed E-state index contributed by atoms with van der Waals surface area (Å²) >= 11 is 0. The van der Waals surface area contributed by atoms with Crippen molar-refractivity contribution in [3.05, 3.63) is 23.5 Å². The number of methoxy groups -OCH3 is 1. The molecular formula is C14H18F3NO2. The number of ether oxygens (including phenoxy) is 2. The van der Waals surface area contributed by atoms with E-state index in [0.717, 1.165) is 0 Å². The molecule has 0 spiro atoms. The molecule has 1 aromatic carbocycles. The number of nitrogens with two attached hydrogens (primary N) is 1.